The molecule has 2 rings (SSSR count). The molecule has 0 radical (unpaired) electrons. The van der Waals surface area contributed by atoms with Gasteiger partial charge in [-0.1, -0.05) is 0 Å². The van der Waals surface area contributed by atoms with Gasteiger partial charge in [0, 0.05) is 0 Å². The lowest BCUT2D eigenvalue weighted by Crippen LogP contribution is -1.90. The first-order valence-electron chi connectivity index (χ1n) is 3.88. The van der Waals surface area contributed by atoms with Crippen LogP contribution < -0.4 is 5.73 Å². The highest BCUT2D eigenvalue weighted by atomic mass is 32.2. The van der Waals surface area contributed by atoms with Gasteiger partial charge in [-0.3, -0.25) is 5.10 Å². The van der Waals surface area contributed by atoms with Crippen molar-refractivity contribution in [2.24, 2.45) is 0 Å². The van der Waals surface area contributed by atoms with Crippen LogP contribution in [0.15, 0.2) is 22.7 Å². The minimum absolute atomic E-state index is 0.542. The molecular weight excluding hydrogens is 200 g/mol. The zero-order valence-corrected chi connectivity index (χ0v) is 8.25. The minimum Gasteiger partial charge on any atom is -0.396 e. The number of aryl methyl sites for hydroxylation is 1. The summed E-state index contributed by atoms with van der Waals surface area (Å²) in [5, 5.41) is 7.87. The Hall–Kier alpha value is -1.63. The molecule has 7 heteroatoms. The van der Waals surface area contributed by atoms with Crippen LogP contribution in [-0.4, -0.2) is 25.1 Å². The van der Waals surface area contributed by atoms with Crippen molar-refractivity contribution in [2.45, 2.75) is 17.2 Å². The number of nitrogens with two attached hydrogens (primary N) is 1. The van der Waals surface area contributed by atoms with Crippen molar-refractivity contribution in [1.82, 2.24) is 25.1 Å². The molecule has 2 aromatic heterocycles. The topological polar surface area (TPSA) is 93.4 Å². The number of anilines is 1. The van der Waals surface area contributed by atoms with Gasteiger partial charge in [-0.05, 0) is 18.7 Å². The van der Waals surface area contributed by atoms with Crippen LogP contribution in [0.3, 0.4) is 0 Å². The summed E-state index contributed by atoms with van der Waals surface area (Å²) in [5.74, 6) is 0.767. The summed E-state index contributed by atoms with van der Waals surface area (Å²) in [7, 11) is 0. The van der Waals surface area contributed by atoms with E-state index in [0.29, 0.717) is 16.0 Å². The van der Waals surface area contributed by atoms with Gasteiger partial charge in [-0.25, -0.2) is 15.0 Å². The maximum absolute atomic E-state index is 5.45. The third-order valence-corrected chi connectivity index (χ3v) is 2.17. The molecule has 0 aliphatic heterocycles. The third kappa shape index (κ3) is 1.99. The summed E-state index contributed by atoms with van der Waals surface area (Å²) >= 11 is 1.29. The van der Waals surface area contributed by atoms with Crippen LogP contribution in [0.2, 0.25) is 0 Å². The van der Waals surface area contributed by atoms with Gasteiger partial charge in [0.15, 0.2) is 5.16 Å². The lowest BCUT2D eigenvalue weighted by molar-refractivity contribution is 0.934. The Kier molecular flexibility index (Phi) is 2.32. The second-order valence-electron chi connectivity index (χ2n) is 2.60. The van der Waals surface area contributed by atoms with E-state index in [0.717, 1.165) is 5.82 Å². The number of H-pyrrole nitrogens is 1. The van der Waals surface area contributed by atoms with Crippen molar-refractivity contribution >= 4 is 17.4 Å². The van der Waals surface area contributed by atoms with E-state index >= 15 is 0 Å². The van der Waals surface area contributed by atoms with Crippen LogP contribution in [0.4, 0.5) is 5.69 Å². The molecule has 2 heterocycles. The van der Waals surface area contributed by atoms with Gasteiger partial charge in [0.05, 0.1) is 18.1 Å². The van der Waals surface area contributed by atoms with E-state index in [-0.39, 0.29) is 0 Å². The predicted molar refractivity (Wildman–Crippen MR) is 51.7 cm³/mol. The van der Waals surface area contributed by atoms with Crippen LogP contribution in [-0.2, 0) is 0 Å². The molecule has 0 fully saturated rings. The number of nitrogens with zero attached hydrogens (tertiary/aromatic N) is 4. The van der Waals surface area contributed by atoms with E-state index in [4.69, 9.17) is 5.73 Å². The number of aromatic nitrogens is 5. The molecule has 72 valence electrons. The van der Waals surface area contributed by atoms with Crippen LogP contribution in [0.25, 0.3) is 0 Å². The van der Waals surface area contributed by atoms with Gasteiger partial charge < -0.3 is 5.73 Å². The van der Waals surface area contributed by atoms with Crippen LogP contribution >= 0.6 is 11.8 Å². The fourth-order valence-electron chi connectivity index (χ4n) is 0.828. The first-order chi connectivity index (χ1) is 6.74. The molecule has 0 saturated heterocycles. The SMILES string of the molecule is Cc1nc(Sc2ncc(N)cn2)n[nH]1. The van der Waals surface area contributed by atoms with Crippen molar-refractivity contribution < 1.29 is 0 Å². The maximum Gasteiger partial charge on any atom is 0.216 e. The maximum atomic E-state index is 5.45. The first-order valence-corrected chi connectivity index (χ1v) is 4.70. The van der Waals surface area contributed by atoms with E-state index < -0.39 is 0 Å². The summed E-state index contributed by atoms with van der Waals surface area (Å²) in [4.78, 5) is 12.1. The van der Waals surface area contributed by atoms with Crippen molar-refractivity contribution in [3.05, 3.63) is 18.2 Å². The molecule has 3 N–H and O–H groups in total. The highest BCUT2D eigenvalue weighted by Crippen LogP contribution is 2.19. The fourth-order valence-corrected chi connectivity index (χ4v) is 1.48. The lowest BCUT2D eigenvalue weighted by Gasteiger charge is -1.94. The van der Waals surface area contributed by atoms with E-state index in [2.05, 4.69) is 25.1 Å². The average molecular weight is 208 g/mol. The largest absolute Gasteiger partial charge is 0.396 e. The molecule has 0 saturated carbocycles. The number of hydrogen-bond acceptors (Lipinski definition) is 6. The normalized spacial score (nSPS) is 10.4. The van der Waals surface area contributed by atoms with E-state index in [1.807, 2.05) is 6.92 Å². The van der Waals surface area contributed by atoms with Crippen LogP contribution in [0.5, 0.6) is 0 Å². The van der Waals surface area contributed by atoms with Gasteiger partial charge in [-0.15, -0.1) is 5.10 Å². The predicted octanol–water partition coefficient (Wildman–Crippen LogP) is 0.637. The van der Waals surface area contributed by atoms with Gasteiger partial charge >= 0.3 is 0 Å². The van der Waals surface area contributed by atoms with Gasteiger partial charge in [0.25, 0.3) is 0 Å². The molecule has 6 nitrogen and oxygen atoms in total. The number of hydrogen-bond donors (Lipinski definition) is 2. The zero-order valence-electron chi connectivity index (χ0n) is 7.43. The molecule has 0 atom stereocenters. The Balaban J connectivity index is 2.15. The Morgan fingerprint density at radius 1 is 1.29 bits per heavy atom. The molecule has 0 unspecified atom stereocenters. The Morgan fingerprint density at radius 3 is 2.57 bits per heavy atom. The molecular formula is C7H8N6S. The molecule has 0 aliphatic rings. The summed E-state index contributed by atoms with van der Waals surface area (Å²) in [6, 6.07) is 0. The van der Waals surface area contributed by atoms with Gasteiger partial charge in [-0.2, -0.15) is 0 Å². The fraction of sp³-hybridized carbons (Fsp3) is 0.143. The van der Waals surface area contributed by atoms with Crippen molar-refractivity contribution in [3.63, 3.8) is 0 Å². The highest BCUT2D eigenvalue weighted by Gasteiger charge is 2.04. The summed E-state index contributed by atoms with van der Waals surface area (Å²) in [6.07, 6.45) is 3.10. The van der Waals surface area contributed by atoms with Gasteiger partial charge in [0.2, 0.25) is 5.16 Å². The lowest BCUT2D eigenvalue weighted by atomic mass is 10.6. The van der Waals surface area contributed by atoms with Gasteiger partial charge in [0.1, 0.15) is 5.82 Å². The second-order valence-corrected chi connectivity index (χ2v) is 3.54. The first kappa shape index (κ1) is 8.95. The monoisotopic (exact) mass is 208 g/mol. The molecule has 0 bridgehead atoms. The quantitative estimate of drug-likeness (QED) is 0.703. The van der Waals surface area contributed by atoms with Crippen LogP contribution in [0, 0.1) is 6.92 Å². The number of nitrogen functional groups attached to an aromatic ring is 1. The third-order valence-electron chi connectivity index (χ3n) is 1.41. The highest BCUT2D eigenvalue weighted by molar-refractivity contribution is 7.99. The number of nitrogens with one attached hydrogen (secondary N) is 1. The van der Waals surface area contributed by atoms with Crippen molar-refractivity contribution in [2.75, 3.05) is 5.73 Å². The van der Waals surface area contributed by atoms with E-state index in [1.54, 1.807) is 12.4 Å². The Labute approximate surface area is 84.4 Å². The average Bonchev–Trinajstić information content (AvgIpc) is 2.56. The number of aromatic amines is 1. The zero-order chi connectivity index (χ0) is 9.97. The van der Waals surface area contributed by atoms with Crippen molar-refractivity contribution in [3.8, 4) is 0 Å². The molecule has 2 aromatic rings. The molecule has 0 aromatic carbocycles. The summed E-state index contributed by atoms with van der Waals surface area (Å²) < 4.78 is 0. The number of rotatable bonds is 2. The molecule has 0 aliphatic carbocycles. The van der Waals surface area contributed by atoms with Crippen molar-refractivity contribution in [1.29, 1.82) is 0 Å². The summed E-state index contributed by atoms with van der Waals surface area (Å²) in [6.45, 7) is 1.83. The molecule has 0 spiro atoms. The minimum atomic E-state index is 0.542. The molecule has 14 heavy (non-hydrogen) atoms. The van der Waals surface area contributed by atoms with E-state index in [1.165, 1.54) is 11.8 Å². The Morgan fingerprint density at radius 2 is 2.00 bits per heavy atom. The summed E-state index contributed by atoms with van der Waals surface area (Å²) in [5.41, 5.74) is 5.99. The standard InChI is InChI=1S/C7H8N6S/c1-4-11-7(13-12-4)14-6-9-2-5(8)3-10-6/h2-3H,8H2,1H3,(H,11,12,13). The molecule has 0 amide bonds. The van der Waals surface area contributed by atoms with E-state index in [9.17, 15) is 0 Å². The smallest absolute Gasteiger partial charge is 0.216 e. The van der Waals surface area contributed by atoms with Crippen LogP contribution in [0.1, 0.15) is 5.82 Å². The Bertz CT molecular complexity index is 422. The second kappa shape index (κ2) is 3.62.